The molecular weight excluding hydrogens is 444 g/mol. The fourth-order valence-corrected chi connectivity index (χ4v) is 3.91. The van der Waals surface area contributed by atoms with Crippen LogP contribution in [0.15, 0.2) is 72.8 Å². The molecule has 1 aliphatic heterocycles. The highest BCUT2D eigenvalue weighted by molar-refractivity contribution is 6.05. The van der Waals surface area contributed by atoms with Crippen molar-refractivity contribution in [2.75, 3.05) is 32.6 Å². The Labute approximate surface area is 206 Å². The van der Waals surface area contributed by atoms with Gasteiger partial charge in [-0.05, 0) is 30.0 Å². The number of likely N-dealkylation sites (tertiary alicyclic amines) is 1. The maximum atomic E-state index is 13.2. The third-order valence-electron chi connectivity index (χ3n) is 5.65. The van der Waals surface area contributed by atoms with Crippen LogP contribution in [0.2, 0.25) is 0 Å². The number of amides is 2. The van der Waals surface area contributed by atoms with E-state index in [2.05, 4.69) is 5.32 Å². The first-order valence-corrected chi connectivity index (χ1v) is 11.6. The van der Waals surface area contributed by atoms with E-state index in [-0.39, 0.29) is 18.2 Å². The third-order valence-corrected chi connectivity index (χ3v) is 5.65. The minimum atomic E-state index is -0.198. The second-order valence-electron chi connectivity index (χ2n) is 8.03. The number of benzene rings is 3. The van der Waals surface area contributed by atoms with Gasteiger partial charge in [0.2, 0.25) is 5.91 Å². The molecule has 1 fully saturated rings. The summed E-state index contributed by atoms with van der Waals surface area (Å²) < 4.78 is 11.5. The second kappa shape index (κ2) is 13.2. The molecule has 0 bridgehead atoms. The quantitative estimate of drug-likeness (QED) is 0.506. The SMILES string of the molecule is CO.COc1cc(C(=O)N2CCCC2)c(NC(=O)Cc2ccccc2)cc1OCc1ccccc1. The average Bonchev–Trinajstić information content (AvgIpc) is 3.44. The van der Waals surface area contributed by atoms with E-state index in [0.717, 1.165) is 31.1 Å². The molecule has 2 N–H and O–H groups in total. The minimum absolute atomic E-state index is 0.115. The summed E-state index contributed by atoms with van der Waals surface area (Å²) in [6, 6.07) is 22.6. The van der Waals surface area contributed by atoms with Crippen LogP contribution in [0.5, 0.6) is 11.5 Å². The first-order chi connectivity index (χ1) is 17.1. The molecule has 2 amide bonds. The van der Waals surface area contributed by atoms with Crippen molar-refractivity contribution in [3.05, 3.63) is 89.5 Å². The van der Waals surface area contributed by atoms with Gasteiger partial charge in [0.15, 0.2) is 11.5 Å². The number of hydrogen-bond acceptors (Lipinski definition) is 5. The van der Waals surface area contributed by atoms with Crippen LogP contribution in [-0.2, 0) is 17.8 Å². The minimum Gasteiger partial charge on any atom is -0.493 e. The summed E-state index contributed by atoms with van der Waals surface area (Å²) in [6.45, 7) is 1.77. The van der Waals surface area contributed by atoms with Crippen LogP contribution in [0, 0.1) is 0 Å². The maximum Gasteiger partial charge on any atom is 0.256 e. The summed E-state index contributed by atoms with van der Waals surface area (Å²) in [4.78, 5) is 27.9. The second-order valence-corrected chi connectivity index (χ2v) is 8.03. The van der Waals surface area contributed by atoms with Crippen molar-refractivity contribution in [3.8, 4) is 11.5 Å². The summed E-state index contributed by atoms with van der Waals surface area (Å²) >= 11 is 0. The van der Waals surface area contributed by atoms with Crippen LogP contribution < -0.4 is 14.8 Å². The summed E-state index contributed by atoms with van der Waals surface area (Å²) in [5.41, 5.74) is 2.74. The van der Waals surface area contributed by atoms with E-state index in [1.165, 1.54) is 0 Å². The number of ether oxygens (including phenoxy) is 2. The van der Waals surface area contributed by atoms with Crippen LogP contribution in [0.4, 0.5) is 5.69 Å². The zero-order chi connectivity index (χ0) is 25.0. The molecule has 0 aromatic heterocycles. The van der Waals surface area contributed by atoms with Crippen molar-refractivity contribution in [2.24, 2.45) is 0 Å². The highest BCUT2D eigenvalue weighted by atomic mass is 16.5. The van der Waals surface area contributed by atoms with Crippen molar-refractivity contribution < 1.29 is 24.2 Å². The normalized spacial score (nSPS) is 12.4. The first-order valence-electron chi connectivity index (χ1n) is 11.6. The number of hydrogen-bond donors (Lipinski definition) is 2. The van der Waals surface area contributed by atoms with Crippen molar-refractivity contribution in [1.82, 2.24) is 4.90 Å². The molecule has 7 heteroatoms. The number of carbonyl (C=O) groups excluding carboxylic acids is 2. The lowest BCUT2D eigenvalue weighted by molar-refractivity contribution is -0.115. The largest absolute Gasteiger partial charge is 0.493 e. The number of nitrogens with one attached hydrogen (secondary N) is 1. The first kappa shape index (κ1) is 25.8. The van der Waals surface area contributed by atoms with E-state index in [1.807, 2.05) is 65.6 Å². The highest BCUT2D eigenvalue weighted by Gasteiger charge is 2.25. The number of anilines is 1. The van der Waals surface area contributed by atoms with Crippen molar-refractivity contribution in [1.29, 1.82) is 0 Å². The van der Waals surface area contributed by atoms with Gasteiger partial charge in [-0.25, -0.2) is 0 Å². The van der Waals surface area contributed by atoms with Crippen LogP contribution >= 0.6 is 0 Å². The van der Waals surface area contributed by atoms with Gasteiger partial charge in [-0.15, -0.1) is 0 Å². The molecule has 184 valence electrons. The van der Waals surface area contributed by atoms with E-state index >= 15 is 0 Å². The Bertz CT molecular complexity index is 1100. The number of aliphatic hydroxyl groups is 1. The molecule has 1 saturated heterocycles. The Hall–Kier alpha value is -3.84. The van der Waals surface area contributed by atoms with Crippen molar-refractivity contribution in [3.63, 3.8) is 0 Å². The number of aliphatic hydroxyl groups excluding tert-OH is 1. The van der Waals surface area contributed by atoms with Crippen molar-refractivity contribution in [2.45, 2.75) is 25.9 Å². The van der Waals surface area contributed by atoms with Crippen molar-refractivity contribution >= 4 is 17.5 Å². The van der Waals surface area contributed by atoms with Gasteiger partial charge < -0.3 is 24.8 Å². The zero-order valence-corrected chi connectivity index (χ0v) is 20.2. The van der Waals surface area contributed by atoms with E-state index < -0.39 is 0 Å². The van der Waals surface area contributed by atoms with Gasteiger partial charge in [0.1, 0.15) is 6.61 Å². The molecule has 0 atom stereocenters. The van der Waals surface area contributed by atoms with Gasteiger partial charge in [0.05, 0.1) is 24.8 Å². The summed E-state index contributed by atoms with van der Waals surface area (Å²) in [6.07, 6.45) is 2.18. The van der Waals surface area contributed by atoms with Gasteiger partial charge in [0, 0.05) is 26.3 Å². The average molecular weight is 477 g/mol. The summed E-state index contributed by atoms with van der Waals surface area (Å²) in [5.74, 6) is 0.607. The highest BCUT2D eigenvalue weighted by Crippen LogP contribution is 2.35. The Morgan fingerprint density at radius 2 is 1.49 bits per heavy atom. The molecule has 3 aromatic rings. The van der Waals surface area contributed by atoms with Gasteiger partial charge in [-0.2, -0.15) is 0 Å². The lowest BCUT2D eigenvalue weighted by Gasteiger charge is -2.20. The monoisotopic (exact) mass is 476 g/mol. The van der Waals surface area contributed by atoms with Crippen LogP contribution in [0.3, 0.4) is 0 Å². The Morgan fingerprint density at radius 3 is 2.09 bits per heavy atom. The van der Waals surface area contributed by atoms with E-state index in [4.69, 9.17) is 14.6 Å². The molecule has 0 saturated carbocycles. The molecule has 0 aliphatic carbocycles. The van der Waals surface area contributed by atoms with Gasteiger partial charge >= 0.3 is 0 Å². The van der Waals surface area contributed by atoms with E-state index in [1.54, 1.807) is 19.2 Å². The van der Waals surface area contributed by atoms with Crippen LogP contribution in [-0.4, -0.2) is 49.1 Å². The van der Waals surface area contributed by atoms with E-state index in [9.17, 15) is 9.59 Å². The molecule has 0 radical (unpaired) electrons. The fourth-order valence-electron chi connectivity index (χ4n) is 3.91. The zero-order valence-electron chi connectivity index (χ0n) is 20.2. The van der Waals surface area contributed by atoms with Crippen LogP contribution in [0.25, 0.3) is 0 Å². The van der Waals surface area contributed by atoms with Crippen LogP contribution in [0.1, 0.15) is 34.3 Å². The number of carbonyl (C=O) groups is 2. The number of nitrogens with zero attached hydrogens (tertiary/aromatic N) is 1. The Kier molecular flexibility index (Phi) is 9.69. The molecule has 4 rings (SSSR count). The molecule has 35 heavy (non-hydrogen) atoms. The molecule has 0 unspecified atom stereocenters. The predicted octanol–water partition coefficient (Wildman–Crippen LogP) is 4.30. The maximum absolute atomic E-state index is 13.2. The lowest BCUT2D eigenvalue weighted by Crippen LogP contribution is -2.29. The number of rotatable bonds is 8. The van der Waals surface area contributed by atoms with Gasteiger partial charge in [-0.3, -0.25) is 9.59 Å². The smallest absolute Gasteiger partial charge is 0.256 e. The molecule has 7 nitrogen and oxygen atoms in total. The molecule has 1 aliphatic rings. The lowest BCUT2D eigenvalue weighted by atomic mass is 10.1. The number of methoxy groups -OCH3 is 1. The fraction of sp³-hybridized carbons (Fsp3) is 0.286. The van der Waals surface area contributed by atoms with Gasteiger partial charge in [-0.1, -0.05) is 60.7 Å². The van der Waals surface area contributed by atoms with E-state index in [0.29, 0.717) is 42.4 Å². The Morgan fingerprint density at radius 1 is 0.886 bits per heavy atom. The molecule has 1 heterocycles. The molecule has 0 spiro atoms. The Balaban J connectivity index is 0.00000167. The summed E-state index contributed by atoms with van der Waals surface area (Å²) in [5, 5.41) is 9.93. The molecular formula is C28H32N2O5. The molecule has 3 aromatic carbocycles. The summed E-state index contributed by atoms with van der Waals surface area (Å²) in [7, 11) is 2.54. The predicted molar refractivity (Wildman–Crippen MR) is 136 cm³/mol. The standard InChI is InChI=1S/C27H28N2O4.CH4O/c1-32-24-17-22(27(31)29-14-8-9-15-29)23(28-26(30)16-20-10-4-2-5-11-20)18-25(24)33-19-21-12-6-3-7-13-21;1-2/h2-7,10-13,17-18H,8-9,14-16,19H2,1H3,(H,28,30);2H,1H3. The topological polar surface area (TPSA) is 88.1 Å². The van der Waals surface area contributed by atoms with Gasteiger partial charge in [0.25, 0.3) is 5.91 Å². The third kappa shape index (κ3) is 7.07.